The molecule has 1 aromatic heterocycles. The number of piperazine rings is 1. The number of H-pyrrole nitrogens is 1. The Labute approximate surface area is 101 Å². The molecule has 2 aliphatic rings. The van der Waals surface area contributed by atoms with Crippen molar-refractivity contribution in [2.24, 2.45) is 0 Å². The standard InChI is InChI=1S/C11H19N5O/c1-8-6-16(4-3-12-8)11-13-10(14-15-11)9-2-5-17-7-9/h8-9,12H,2-7H2,1H3,(H,13,14,15)/t8-,9?/m1/s1. The van der Waals surface area contributed by atoms with Crippen LogP contribution in [0.4, 0.5) is 5.95 Å². The topological polar surface area (TPSA) is 66.1 Å². The predicted octanol–water partition coefficient (Wildman–Crippen LogP) is 0.107. The maximum Gasteiger partial charge on any atom is 0.244 e. The van der Waals surface area contributed by atoms with Crippen molar-refractivity contribution in [3.05, 3.63) is 5.82 Å². The smallest absolute Gasteiger partial charge is 0.244 e. The summed E-state index contributed by atoms with van der Waals surface area (Å²) in [5.41, 5.74) is 0. The molecule has 0 aromatic carbocycles. The van der Waals surface area contributed by atoms with Crippen LogP contribution in [0.3, 0.4) is 0 Å². The van der Waals surface area contributed by atoms with E-state index in [1.54, 1.807) is 0 Å². The summed E-state index contributed by atoms with van der Waals surface area (Å²) in [5.74, 6) is 2.21. The Balaban J connectivity index is 1.70. The van der Waals surface area contributed by atoms with E-state index in [9.17, 15) is 0 Å². The van der Waals surface area contributed by atoms with Crippen LogP contribution in [0.25, 0.3) is 0 Å². The van der Waals surface area contributed by atoms with Crippen molar-refractivity contribution in [1.29, 1.82) is 0 Å². The molecule has 6 heteroatoms. The van der Waals surface area contributed by atoms with Gasteiger partial charge in [-0.05, 0) is 13.3 Å². The highest BCUT2D eigenvalue weighted by Crippen LogP contribution is 2.23. The van der Waals surface area contributed by atoms with Gasteiger partial charge in [0.15, 0.2) is 0 Å². The number of anilines is 1. The number of hydrogen-bond donors (Lipinski definition) is 2. The van der Waals surface area contributed by atoms with Gasteiger partial charge in [-0.25, -0.2) is 0 Å². The Morgan fingerprint density at radius 2 is 2.41 bits per heavy atom. The van der Waals surface area contributed by atoms with Crippen molar-refractivity contribution in [3.63, 3.8) is 0 Å². The zero-order valence-electron chi connectivity index (χ0n) is 10.1. The molecule has 2 fully saturated rings. The molecule has 0 radical (unpaired) electrons. The van der Waals surface area contributed by atoms with Crippen LogP contribution >= 0.6 is 0 Å². The highest BCUT2D eigenvalue weighted by molar-refractivity contribution is 5.30. The molecule has 2 atom stereocenters. The van der Waals surface area contributed by atoms with Crippen LogP contribution in [0.5, 0.6) is 0 Å². The Hall–Kier alpha value is -1.14. The summed E-state index contributed by atoms with van der Waals surface area (Å²) in [6.07, 6.45) is 1.05. The minimum absolute atomic E-state index is 0.400. The second kappa shape index (κ2) is 4.62. The highest BCUT2D eigenvalue weighted by Gasteiger charge is 2.24. The molecule has 0 saturated carbocycles. The van der Waals surface area contributed by atoms with Crippen molar-refractivity contribution in [3.8, 4) is 0 Å². The third-order valence-corrected chi connectivity index (χ3v) is 3.46. The predicted molar refractivity (Wildman–Crippen MR) is 64.2 cm³/mol. The number of nitrogens with one attached hydrogen (secondary N) is 2. The third-order valence-electron chi connectivity index (χ3n) is 3.46. The molecule has 17 heavy (non-hydrogen) atoms. The first-order chi connectivity index (χ1) is 8.33. The molecule has 94 valence electrons. The Morgan fingerprint density at radius 3 is 3.18 bits per heavy atom. The van der Waals surface area contributed by atoms with Gasteiger partial charge in [-0.3, -0.25) is 5.10 Å². The molecule has 1 aromatic rings. The molecule has 2 aliphatic heterocycles. The zero-order chi connectivity index (χ0) is 11.7. The molecule has 6 nitrogen and oxygen atoms in total. The Kier molecular flexibility index (Phi) is 2.98. The van der Waals surface area contributed by atoms with Gasteiger partial charge in [0.05, 0.1) is 6.61 Å². The van der Waals surface area contributed by atoms with Crippen LogP contribution < -0.4 is 10.2 Å². The van der Waals surface area contributed by atoms with Crippen LogP contribution in [0.1, 0.15) is 25.1 Å². The van der Waals surface area contributed by atoms with Crippen LogP contribution in [0.2, 0.25) is 0 Å². The number of rotatable bonds is 2. The minimum Gasteiger partial charge on any atom is -0.381 e. The number of ether oxygens (including phenoxy) is 1. The van der Waals surface area contributed by atoms with Gasteiger partial charge < -0.3 is 15.0 Å². The van der Waals surface area contributed by atoms with Gasteiger partial charge in [0.2, 0.25) is 5.95 Å². The lowest BCUT2D eigenvalue weighted by molar-refractivity contribution is 0.193. The zero-order valence-corrected chi connectivity index (χ0v) is 10.1. The number of aromatic amines is 1. The summed E-state index contributed by atoms with van der Waals surface area (Å²) >= 11 is 0. The molecule has 1 unspecified atom stereocenters. The highest BCUT2D eigenvalue weighted by atomic mass is 16.5. The van der Waals surface area contributed by atoms with Crippen molar-refractivity contribution >= 4 is 5.95 Å². The molecular weight excluding hydrogens is 218 g/mol. The van der Waals surface area contributed by atoms with Gasteiger partial charge in [0.1, 0.15) is 5.82 Å². The lowest BCUT2D eigenvalue weighted by Gasteiger charge is -2.30. The van der Waals surface area contributed by atoms with E-state index in [-0.39, 0.29) is 0 Å². The summed E-state index contributed by atoms with van der Waals surface area (Å²) in [6, 6.07) is 0.500. The van der Waals surface area contributed by atoms with Crippen LogP contribution in [0.15, 0.2) is 0 Å². The Morgan fingerprint density at radius 1 is 1.47 bits per heavy atom. The number of hydrogen-bond acceptors (Lipinski definition) is 5. The van der Waals surface area contributed by atoms with Crippen LogP contribution in [0, 0.1) is 0 Å². The van der Waals surface area contributed by atoms with Gasteiger partial charge in [0, 0.05) is 38.2 Å². The van der Waals surface area contributed by atoms with Crippen LogP contribution in [-0.2, 0) is 4.74 Å². The largest absolute Gasteiger partial charge is 0.381 e. The summed E-state index contributed by atoms with van der Waals surface area (Å²) in [7, 11) is 0. The molecule has 3 heterocycles. The summed E-state index contributed by atoms with van der Waals surface area (Å²) in [5, 5.41) is 10.8. The minimum atomic E-state index is 0.400. The van der Waals surface area contributed by atoms with E-state index in [2.05, 4.69) is 32.3 Å². The molecule has 0 spiro atoms. The van der Waals surface area contributed by atoms with E-state index < -0.39 is 0 Å². The molecular formula is C11H19N5O. The van der Waals surface area contributed by atoms with Crippen molar-refractivity contribution in [2.75, 3.05) is 37.7 Å². The molecule has 2 saturated heterocycles. The van der Waals surface area contributed by atoms with Crippen molar-refractivity contribution in [2.45, 2.75) is 25.3 Å². The summed E-state index contributed by atoms with van der Waals surface area (Å²) in [6.45, 7) is 6.74. The molecule has 2 N–H and O–H groups in total. The van der Waals surface area contributed by atoms with E-state index in [1.165, 1.54) is 0 Å². The van der Waals surface area contributed by atoms with Gasteiger partial charge in [-0.2, -0.15) is 4.98 Å². The number of aromatic nitrogens is 3. The molecule has 3 rings (SSSR count). The lowest BCUT2D eigenvalue weighted by atomic mass is 10.1. The van der Waals surface area contributed by atoms with Crippen LogP contribution in [-0.4, -0.2) is 54.1 Å². The van der Waals surface area contributed by atoms with Gasteiger partial charge in [0.25, 0.3) is 0 Å². The van der Waals surface area contributed by atoms with Crippen molar-refractivity contribution in [1.82, 2.24) is 20.5 Å². The lowest BCUT2D eigenvalue weighted by Crippen LogP contribution is -2.49. The fourth-order valence-corrected chi connectivity index (χ4v) is 2.45. The van der Waals surface area contributed by atoms with E-state index in [4.69, 9.17) is 4.74 Å². The first-order valence-electron chi connectivity index (χ1n) is 6.31. The maximum atomic E-state index is 5.37. The first kappa shape index (κ1) is 11.0. The van der Waals surface area contributed by atoms with Gasteiger partial charge >= 0.3 is 0 Å². The first-order valence-corrected chi connectivity index (χ1v) is 6.31. The van der Waals surface area contributed by atoms with E-state index in [1.807, 2.05) is 0 Å². The van der Waals surface area contributed by atoms with E-state index >= 15 is 0 Å². The SMILES string of the molecule is C[C@@H]1CN(c2n[nH]c(C3CCOC3)n2)CCN1. The molecule has 0 amide bonds. The van der Waals surface area contributed by atoms with Gasteiger partial charge in [-0.1, -0.05) is 0 Å². The average molecular weight is 237 g/mol. The second-order valence-electron chi connectivity index (χ2n) is 4.88. The number of nitrogens with zero attached hydrogens (tertiary/aromatic N) is 3. The average Bonchev–Trinajstić information content (AvgIpc) is 3.00. The van der Waals surface area contributed by atoms with Gasteiger partial charge in [-0.15, -0.1) is 5.10 Å². The molecule has 0 bridgehead atoms. The summed E-state index contributed by atoms with van der Waals surface area (Å²) in [4.78, 5) is 6.83. The summed E-state index contributed by atoms with van der Waals surface area (Å²) < 4.78 is 5.37. The van der Waals surface area contributed by atoms with E-state index in [0.29, 0.717) is 12.0 Å². The fraction of sp³-hybridized carbons (Fsp3) is 0.818. The monoisotopic (exact) mass is 237 g/mol. The maximum absolute atomic E-state index is 5.37. The van der Waals surface area contributed by atoms with Crippen molar-refractivity contribution < 1.29 is 4.74 Å². The quantitative estimate of drug-likeness (QED) is 0.764. The molecule has 0 aliphatic carbocycles. The fourth-order valence-electron chi connectivity index (χ4n) is 2.45. The third kappa shape index (κ3) is 2.28. The second-order valence-corrected chi connectivity index (χ2v) is 4.88. The Bertz CT molecular complexity index is 374. The normalized spacial score (nSPS) is 29.8. The van der Waals surface area contributed by atoms with E-state index in [0.717, 1.165) is 51.0 Å².